The van der Waals surface area contributed by atoms with E-state index in [-0.39, 0.29) is 5.41 Å². The van der Waals surface area contributed by atoms with Crippen LogP contribution in [0.5, 0.6) is 0 Å². The third-order valence-corrected chi connectivity index (χ3v) is 11.6. The topological polar surface area (TPSA) is 16.4 Å². The van der Waals surface area contributed by atoms with Gasteiger partial charge >= 0.3 is 0 Å². The van der Waals surface area contributed by atoms with E-state index in [2.05, 4.69) is 189 Å². The lowest BCUT2D eigenvalue weighted by molar-refractivity contribution is 0.661. The Balaban J connectivity index is 1.20. The third-order valence-electron chi connectivity index (χ3n) is 11.6. The van der Waals surface area contributed by atoms with Crippen molar-refractivity contribution in [3.05, 3.63) is 187 Å². The maximum Gasteiger partial charge on any atom is 0.137 e. The predicted molar refractivity (Wildman–Crippen MR) is 224 cm³/mol. The van der Waals surface area contributed by atoms with Gasteiger partial charge in [0.05, 0.1) is 5.69 Å². The van der Waals surface area contributed by atoms with Gasteiger partial charge in [-0.05, 0) is 109 Å². The highest BCUT2D eigenvalue weighted by molar-refractivity contribution is 6.12. The molecule has 2 nitrogen and oxygen atoms in total. The molecule has 0 bridgehead atoms. The standard InChI is InChI=1S/C51H35NO/c1-51(2)45-29-35-15-4-3-14-34(35)28-44(45)40-25-23-36(30-46(40)51)52(37-24-26-42-41-19-9-10-21-48(41)53-49(42)31-37)47-27-22-33-13-6-8-18-39(33)50(47)43-20-11-16-32-12-5-7-17-38(32)43/h3-31H,1-2H3. The van der Waals surface area contributed by atoms with Gasteiger partial charge in [0, 0.05) is 39.2 Å². The van der Waals surface area contributed by atoms with Crippen LogP contribution in [0.4, 0.5) is 17.1 Å². The van der Waals surface area contributed by atoms with E-state index in [1.54, 1.807) is 0 Å². The molecule has 0 spiro atoms. The van der Waals surface area contributed by atoms with Crippen LogP contribution in [0.15, 0.2) is 180 Å². The summed E-state index contributed by atoms with van der Waals surface area (Å²) in [6, 6.07) is 64.4. The number of para-hydroxylation sites is 1. The summed E-state index contributed by atoms with van der Waals surface area (Å²) >= 11 is 0. The average molecular weight is 678 g/mol. The molecule has 0 atom stereocenters. The number of nitrogens with zero attached hydrogens (tertiary/aromatic N) is 1. The molecule has 1 heterocycles. The number of hydrogen-bond donors (Lipinski definition) is 0. The number of fused-ring (bicyclic) bond motifs is 9. The van der Waals surface area contributed by atoms with E-state index in [4.69, 9.17) is 4.42 Å². The van der Waals surface area contributed by atoms with Gasteiger partial charge in [0.1, 0.15) is 11.2 Å². The van der Waals surface area contributed by atoms with Gasteiger partial charge in [-0.25, -0.2) is 0 Å². The molecule has 0 fully saturated rings. The quantitative estimate of drug-likeness (QED) is 0.184. The number of benzene rings is 9. The van der Waals surface area contributed by atoms with Gasteiger partial charge in [0.2, 0.25) is 0 Å². The number of furan rings is 1. The van der Waals surface area contributed by atoms with Gasteiger partial charge in [-0.3, -0.25) is 0 Å². The number of hydrogen-bond acceptors (Lipinski definition) is 2. The molecule has 0 radical (unpaired) electrons. The molecule has 1 aromatic heterocycles. The van der Waals surface area contributed by atoms with Gasteiger partial charge in [-0.2, -0.15) is 0 Å². The molecule has 0 amide bonds. The van der Waals surface area contributed by atoms with Crippen LogP contribution in [0.2, 0.25) is 0 Å². The molecule has 1 aliphatic carbocycles. The fourth-order valence-electron chi connectivity index (χ4n) is 9.00. The summed E-state index contributed by atoms with van der Waals surface area (Å²) in [6.45, 7) is 4.75. The van der Waals surface area contributed by atoms with Gasteiger partial charge in [-0.1, -0.05) is 135 Å². The van der Waals surface area contributed by atoms with E-state index in [0.717, 1.165) is 39.0 Å². The minimum absolute atomic E-state index is 0.180. The summed E-state index contributed by atoms with van der Waals surface area (Å²) < 4.78 is 6.52. The zero-order valence-corrected chi connectivity index (χ0v) is 29.6. The predicted octanol–water partition coefficient (Wildman–Crippen LogP) is 14.5. The Morgan fingerprint density at radius 3 is 1.83 bits per heavy atom. The van der Waals surface area contributed by atoms with Crippen LogP contribution in [0.1, 0.15) is 25.0 Å². The van der Waals surface area contributed by atoms with Crippen molar-refractivity contribution in [2.45, 2.75) is 19.3 Å². The molecule has 0 saturated carbocycles. The van der Waals surface area contributed by atoms with Crippen molar-refractivity contribution in [1.29, 1.82) is 0 Å². The molecule has 250 valence electrons. The first kappa shape index (κ1) is 30.0. The van der Waals surface area contributed by atoms with Crippen molar-refractivity contribution in [2.24, 2.45) is 0 Å². The lowest BCUT2D eigenvalue weighted by atomic mass is 9.81. The second-order valence-corrected chi connectivity index (χ2v) is 14.9. The SMILES string of the molecule is CC1(C)c2cc(N(c3ccc4c(c3)oc3ccccc34)c3ccc4ccccc4c3-c3cccc4ccccc34)ccc2-c2cc3ccccc3cc21. The van der Waals surface area contributed by atoms with Crippen molar-refractivity contribution in [3.8, 4) is 22.3 Å². The Morgan fingerprint density at radius 1 is 0.396 bits per heavy atom. The fraction of sp³-hybridized carbons (Fsp3) is 0.0588. The van der Waals surface area contributed by atoms with Crippen molar-refractivity contribution in [3.63, 3.8) is 0 Å². The van der Waals surface area contributed by atoms with Crippen LogP contribution >= 0.6 is 0 Å². The third kappa shape index (κ3) is 4.45. The summed E-state index contributed by atoms with van der Waals surface area (Å²) in [5.74, 6) is 0. The Bertz CT molecular complexity index is 3100. The van der Waals surface area contributed by atoms with E-state index in [1.165, 1.54) is 65.7 Å². The Morgan fingerprint density at radius 2 is 1.00 bits per heavy atom. The van der Waals surface area contributed by atoms with Gasteiger partial charge in [0.15, 0.2) is 0 Å². The first-order chi connectivity index (χ1) is 26.0. The highest BCUT2D eigenvalue weighted by Gasteiger charge is 2.36. The maximum absolute atomic E-state index is 6.52. The van der Waals surface area contributed by atoms with Crippen molar-refractivity contribution in [2.75, 3.05) is 4.90 Å². The van der Waals surface area contributed by atoms with E-state index in [1.807, 2.05) is 6.07 Å². The molecule has 0 N–H and O–H groups in total. The molecular weight excluding hydrogens is 643 g/mol. The van der Waals surface area contributed by atoms with Crippen molar-refractivity contribution < 1.29 is 4.42 Å². The van der Waals surface area contributed by atoms with Crippen LogP contribution in [-0.4, -0.2) is 0 Å². The molecule has 0 unspecified atom stereocenters. The molecule has 53 heavy (non-hydrogen) atoms. The molecule has 2 heteroatoms. The summed E-state index contributed by atoms with van der Waals surface area (Å²) in [6.07, 6.45) is 0. The summed E-state index contributed by atoms with van der Waals surface area (Å²) in [5, 5.41) is 9.70. The fourth-order valence-corrected chi connectivity index (χ4v) is 9.00. The van der Waals surface area contributed by atoms with Crippen LogP contribution in [0.25, 0.3) is 76.5 Å². The molecule has 1 aliphatic rings. The molecule has 10 aromatic rings. The van der Waals surface area contributed by atoms with E-state index in [9.17, 15) is 0 Å². The molecule has 11 rings (SSSR count). The van der Waals surface area contributed by atoms with E-state index < -0.39 is 0 Å². The average Bonchev–Trinajstić information content (AvgIpc) is 3.68. The Hall–Kier alpha value is -6.64. The normalized spacial score (nSPS) is 13.2. The number of anilines is 3. The smallest absolute Gasteiger partial charge is 0.137 e. The zero-order chi connectivity index (χ0) is 35.3. The van der Waals surface area contributed by atoms with Crippen molar-refractivity contribution >= 4 is 71.3 Å². The second-order valence-electron chi connectivity index (χ2n) is 14.9. The van der Waals surface area contributed by atoms with Crippen LogP contribution in [0, 0.1) is 0 Å². The highest BCUT2D eigenvalue weighted by Crippen LogP contribution is 2.53. The minimum atomic E-state index is -0.180. The molecule has 0 saturated heterocycles. The van der Waals surface area contributed by atoms with Crippen molar-refractivity contribution in [1.82, 2.24) is 0 Å². The Kier molecular flexibility index (Phi) is 6.33. The lowest BCUT2D eigenvalue weighted by Crippen LogP contribution is -2.17. The van der Waals surface area contributed by atoms with Gasteiger partial charge in [0.25, 0.3) is 0 Å². The lowest BCUT2D eigenvalue weighted by Gasteiger charge is -2.30. The molecular formula is C51H35NO. The largest absolute Gasteiger partial charge is 0.456 e. The molecule has 0 aliphatic heterocycles. The highest BCUT2D eigenvalue weighted by atomic mass is 16.3. The van der Waals surface area contributed by atoms with Gasteiger partial charge < -0.3 is 9.32 Å². The zero-order valence-electron chi connectivity index (χ0n) is 29.6. The molecule has 9 aromatic carbocycles. The second kappa shape index (κ2) is 11.2. The minimum Gasteiger partial charge on any atom is -0.456 e. The van der Waals surface area contributed by atoms with E-state index in [0.29, 0.717) is 0 Å². The van der Waals surface area contributed by atoms with E-state index >= 15 is 0 Å². The van der Waals surface area contributed by atoms with Crippen LogP contribution in [-0.2, 0) is 5.41 Å². The number of rotatable bonds is 4. The Labute approximate surface area is 308 Å². The maximum atomic E-state index is 6.52. The first-order valence-corrected chi connectivity index (χ1v) is 18.4. The monoisotopic (exact) mass is 677 g/mol. The van der Waals surface area contributed by atoms with Crippen LogP contribution in [0.3, 0.4) is 0 Å². The summed E-state index contributed by atoms with van der Waals surface area (Å²) in [5.41, 5.74) is 12.6. The van der Waals surface area contributed by atoms with Crippen LogP contribution < -0.4 is 4.90 Å². The summed E-state index contributed by atoms with van der Waals surface area (Å²) in [7, 11) is 0. The first-order valence-electron chi connectivity index (χ1n) is 18.4. The van der Waals surface area contributed by atoms with Gasteiger partial charge in [-0.15, -0.1) is 0 Å². The summed E-state index contributed by atoms with van der Waals surface area (Å²) in [4.78, 5) is 2.45.